The summed E-state index contributed by atoms with van der Waals surface area (Å²) in [7, 11) is -0.677. The van der Waals surface area contributed by atoms with Crippen molar-refractivity contribution in [1.29, 1.82) is 0 Å². The smallest absolute Gasteiger partial charge is 0.329 e. The average Bonchev–Trinajstić information content (AvgIpc) is 2.64. The van der Waals surface area contributed by atoms with E-state index in [0.717, 1.165) is 0 Å². The number of Topliss-reactive ketones (excluding diaryl/α,β-unsaturated/α-hetero) is 1. The Morgan fingerprint density at radius 1 is 1.18 bits per heavy atom. The van der Waals surface area contributed by atoms with E-state index in [2.05, 4.69) is 28.6 Å². The van der Waals surface area contributed by atoms with E-state index in [0.29, 0.717) is 12.3 Å². The lowest BCUT2D eigenvalue weighted by molar-refractivity contribution is -0.137. The third-order valence-corrected chi connectivity index (χ3v) is 4.76. The van der Waals surface area contributed by atoms with Gasteiger partial charge in [0.05, 0.1) is 19.3 Å². The normalized spacial score (nSPS) is 14.8. The highest BCUT2D eigenvalue weighted by Gasteiger charge is 2.35. The highest BCUT2D eigenvalue weighted by Crippen LogP contribution is 2.36. The summed E-state index contributed by atoms with van der Waals surface area (Å²) in [4.78, 5) is 44.6. The van der Waals surface area contributed by atoms with E-state index in [-0.39, 0.29) is 37.9 Å². The van der Waals surface area contributed by atoms with Gasteiger partial charge in [0.25, 0.3) is 0 Å². The van der Waals surface area contributed by atoms with Gasteiger partial charge in [-0.3, -0.25) is 14.4 Å². The van der Waals surface area contributed by atoms with E-state index >= 15 is 0 Å². The molecule has 0 fully saturated rings. The number of carbonyl (C=O) groups is 3. The number of hydrogen-bond donors (Lipinski definition) is 6. The molecule has 0 heterocycles. The van der Waals surface area contributed by atoms with Gasteiger partial charge < -0.3 is 35.0 Å². The molecular formula is C16H32N3O7PS. The summed E-state index contributed by atoms with van der Waals surface area (Å²) in [5.41, 5.74) is -1.02. The number of thiol groups is 1. The van der Waals surface area contributed by atoms with Crippen LogP contribution >= 0.6 is 21.2 Å². The number of aliphatic hydroxyl groups excluding tert-OH is 1. The van der Waals surface area contributed by atoms with Gasteiger partial charge in [0, 0.05) is 30.7 Å². The van der Waals surface area contributed by atoms with Crippen molar-refractivity contribution in [2.75, 3.05) is 39.1 Å². The monoisotopic (exact) mass is 441 g/mol. The maximum absolute atomic E-state index is 12.1. The second kappa shape index (κ2) is 14.2. The second-order valence-electron chi connectivity index (χ2n) is 6.76. The number of nitrogens with one attached hydrogen (secondary N) is 3. The van der Waals surface area contributed by atoms with E-state index in [1.165, 1.54) is 6.92 Å². The topological polar surface area (TPSA) is 146 Å². The van der Waals surface area contributed by atoms with Gasteiger partial charge in [0.2, 0.25) is 11.8 Å². The van der Waals surface area contributed by atoms with Crippen LogP contribution in [0.25, 0.3) is 0 Å². The Bertz CT molecular complexity index is 511. The van der Waals surface area contributed by atoms with Gasteiger partial charge in [-0.15, -0.1) is 0 Å². The molecule has 0 aromatic carbocycles. The Balaban J connectivity index is 4.30. The van der Waals surface area contributed by atoms with Crippen molar-refractivity contribution in [3.8, 4) is 0 Å². The molecule has 0 aliphatic rings. The molecule has 0 aromatic heterocycles. The molecule has 0 aliphatic carbocycles. The number of likely N-dealkylation sites (N-methyl/N-ethyl adjacent to an activating group) is 1. The number of carbonyl (C=O) groups excluding carboxylic acids is 3. The van der Waals surface area contributed by atoms with Crippen LogP contribution in [0.5, 0.6) is 0 Å². The first-order valence-electron chi connectivity index (χ1n) is 8.81. The molecule has 12 heteroatoms. The predicted octanol–water partition coefficient (Wildman–Crippen LogP) is -0.645. The Morgan fingerprint density at radius 3 is 2.36 bits per heavy atom. The predicted molar refractivity (Wildman–Crippen MR) is 109 cm³/mol. The molecule has 0 bridgehead atoms. The maximum Gasteiger partial charge on any atom is 0.329 e. The molecule has 0 saturated carbocycles. The first kappa shape index (κ1) is 27.2. The molecular weight excluding hydrogens is 409 g/mol. The van der Waals surface area contributed by atoms with Crippen LogP contribution < -0.4 is 16.0 Å². The van der Waals surface area contributed by atoms with Gasteiger partial charge in [-0.2, -0.15) is 12.6 Å². The van der Waals surface area contributed by atoms with Crippen LogP contribution in [-0.4, -0.2) is 78.8 Å². The molecule has 0 aliphatic heterocycles. The molecule has 0 spiro atoms. The summed E-state index contributed by atoms with van der Waals surface area (Å²) in [6, 6.07) is -0.560. The van der Waals surface area contributed by atoms with Crippen LogP contribution in [0.2, 0.25) is 0 Å². The summed E-state index contributed by atoms with van der Waals surface area (Å²) in [6.07, 6.45) is -1.33. The van der Waals surface area contributed by atoms with Crippen molar-refractivity contribution in [3.63, 3.8) is 0 Å². The summed E-state index contributed by atoms with van der Waals surface area (Å²) in [5.74, 6) is -0.491. The van der Waals surface area contributed by atoms with Gasteiger partial charge >= 0.3 is 8.60 Å². The third kappa shape index (κ3) is 11.3. The van der Waals surface area contributed by atoms with Crippen molar-refractivity contribution in [2.45, 2.75) is 39.3 Å². The van der Waals surface area contributed by atoms with Crippen LogP contribution in [0.1, 0.15) is 27.2 Å². The van der Waals surface area contributed by atoms with Gasteiger partial charge in [0.15, 0.2) is 0 Å². The summed E-state index contributed by atoms with van der Waals surface area (Å²) in [6.45, 7) is 4.88. The fourth-order valence-corrected chi connectivity index (χ4v) is 2.82. The third-order valence-electron chi connectivity index (χ3n) is 3.81. The highest BCUT2D eigenvalue weighted by atomic mass is 32.1. The van der Waals surface area contributed by atoms with Crippen LogP contribution in [0.4, 0.5) is 0 Å². The lowest BCUT2D eigenvalue weighted by Crippen LogP contribution is -2.46. The summed E-state index contributed by atoms with van der Waals surface area (Å²) in [5, 5.41) is 18.1. The first-order chi connectivity index (χ1) is 13.0. The number of aliphatic hydroxyl groups is 1. The largest absolute Gasteiger partial charge is 0.383 e. The van der Waals surface area contributed by atoms with E-state index < -0.39 is 32.1 Å². The van der Waals surface area contributed by atoms with Crippen LogP contribution in [0.3, 0.4) is 0 Å². The van der Waals surface area contributed by atoms with E-state index in [1.807, 2.05) is 0 Å². The Hall–Kier alpha value is -0.810. The van der Waals surface area contributed by atoms with Crippen molar-refractivity contribution in [1.82, 2.24) is 16.0 Å². The van der Waals surface area contributed by atoms with Crippen molar-refractivity contribution in [3.05, 3.63) is 0 Å². The molecule has 0 rings (SSSR count). The van der Waals surface area contributed by atoms with Gasteiger partial charge in [-0.05, 0) is 14.0 Å². The second-order valence-corrected chi connectivity index (χ2v) is 8.20. The van der Waals surface area contributed by atoms with Gasteiger partial charge in [-0.1, -0.05) is 13.8 Å². The van der Waals surface area contributed by atoms with Crippen LogP contribution in [0.15, 0.2) is 0 Å². The Labute approximate surface area is 172 Å². The minimum absolute atomic E-state index is 0.0627. The highest BCUT2D eigenvalue weighted by molar-refractivity contribution is 7.80. The quantitative estimate of drug-likeness (QED) is 0.145. The molecule has 0 aromatic rings. The molecule has 2 amide bonds. The van der Waals surface area contributed by atoms with Crippen LogP contribution in [-0.2, 0) is 23.4 Å². The van der Waals surface area contributed by atoms with E-state index in [9.17, 15) is 24.4 Å². The zero-order chi connectivity index (χ0) is 21.7. The molecule has 3 atom stereocenters. The number of ketones is 1. The average molecular weight is 441 g/mol. The minimum atomic E-state index is -2.27. The lowest BCUT2D eigenvalue weighted by atomic mass is 9.87. The van der Waals surface area contributed by atoms with Crippen molar-refractivity contribution < 1.29 is 33.4 Å². The van der Waals surface area contributed by atoms with Gasteiger partial charge in [-0.25, -0.2) is 0 Å². The van der Waals surface area contributed by atoms with Crippen molar-refractivity contribution in [2.24, 2.45) is 5.41 Å². The molecule has 3 unspecified atom stereocenters. The fraction of sp³-hybridized carbons (Fsp3) is 0.812. The van der Waals surface area contributed by atoms with Crippen molar-refractivity contribution >= 4 is 38.8 Å². The molecule has 28 heavy (non-hydrogen) atoms. The molecule has 0 saturated heterocycles. The molecule has 164 valence electrons. The zero-order valence-corrected chi connectivity index (χ0v) is 18.5. The minimum Gasteiger partial charge on any atom is -0.383 e. The molecule has 0 radical (unpaired) electrons. The number of hydrogen-bond acceptors (Lipinski definition) is 9. The fourth-order valence-electron chi connectivity index (χ4n) is 1.91. The first-order valence-corrected chi connectivity index (χ1v) is 10.6. The Morgan fingerprint density at radius 2 is 1.82 bits per heavy atom. The van der Waals surface area contributed by atoms with Crippen LogP contribution in [0, 0.1) is 5.41 Å². The maximum atomic E-state index is 12.1. The van der Waals surface area contributed by atoms with E-state index in [4.69, 9.17) is 9.05 Å². The van der Waals surface area contributed by atoms with E-state index in [1.54, 1.807) is 20.9 Å². The standard InChI is InChI=1S/C16H32N3O7PS/c1-11(20)12(17-4)9-25-27(24)26-10-16(2,3)14(22)15(23)19-6-5-13(21)18-7-8-28/h12,14,17,22,24,28H,5-10H2,1-4H3,(H,18,21)(H,19,23). The summed E-state index contributed by atoms with van der Waals surface area (Å²) < 4.78 is 10.3. The number of amides is 2. The zero-order valence-electron chi connectivity index (χ0n) is 16.7. The number of rotatable bonds is 15. The lowest BCUT2D eigenvalue weighted by Gasteiger charge is -2.29. The van der Waals surface area contributed by atoms with Gasteiger partial charge in [0.1, 0.15) is 11.9 Å². The summed E-state index contributed by atoms with van der Waals surface area (Å²) >= 11 is 3.98. The molecule has 5 N–H and O–H groups in total. The molecule has 10 nitrogen and oxygen atoms in total. The SMILES string of the molecule is CNC(COP(O)OCC(C)(C)C(O)C(=O)NCCC(=O)NCCS)C(C)=O. The Kier molecular flexibility index (Phi) is 13.8.